The number of aliphatic hydroxyl groups excluding tert-OH is 1. The summed E-state index contributed by atoms with van der Waals surface area (Å²) in [6, 6.07) is 11.7. The monoisotopic (exact) mass is 358 g/mol. The first-order valence-corrected chi connectivity index (χ1v) is 9.40. The molecule has 25 heavy (non-hydrogen) atoms. The number of hydrogen-bond acceptors (Lipinski definition) is 5. The molecule has 2 unspecified atom stereocenters. The van der Waals surface area contributed by atoms with Gasteiger partial charge in [-0.25, -0.2) is 0 Å². The molecule has 1 saturated heterocycles. The summed E-state index contributed by atoms with van der Waals surface area (Å²) in [5.74, 6) is 1.64. The van der Waals surface area contributed by atoms with Crippen molar-refractivity contribution < 1.29 is 14.6 Å². The van der Waals surface area contributed by atoms with E-state index in [9.17, 15) is 9.90 Å². The average molecular weight is 358 g/mol. The molecule has 1 aliphatic heterocycles. The number of carbonyl (C=O) groups excluding carboxylic acids is 1. The zero-order valence-corrected chi connectivity index (χ0v) is 15.0. The Morgan fingerprint density at radius 2 is 2.12 bits per heavy atom. The molecule has 6 heteroatoms. The number of ether oxygens (including phenoxy) is 1. The summed E-state index contributed by atoms with van der Waals surface area (Å²) in [6.45, 7) is 2.27. The van der Waals surface area contributed by atoms with Crippen molar-refractivity contribution >= 4 is 17.7 Å². The maximum Gasteiger partial charge on any atom is 0.234 e. The van der Waals surface area contributed by atoms with E-state index in [4.69, 9.17) is 4.74 Å². The van der Waals surface area contributed by atoms with Crippen molar-refractivity contribution in [1.82, 2.24) is 10.3 Å². The highest BCUT2D eigenvalue weighted by Gasteiger charge is 2.24. The van der Waals surface area contributed by atoms with Crippen LogP contribution < -0.4 is 10.1 Å². The van der Waals surface area contributed by atoms with E-state index < -0.39 is 6.10 Å². The molecule has 1 aromatic carbocycles. The van der Waals surface area contributed by atoms with Gasteiger partial charge in [-0.3, -0.25) is 9.78 Å². The molecule has 1 amide bonds. The Hall–Kier alpha value is -2.05. The maximum absolute atomic E-state index is 11.6. The molecule has 2 N–H and O–H groups in total. The van der Waals surface area contributed by atoms with Crippen LogP contribution in [-0.4, -0.2) is 33.7 Å². The van der Waals surface area contributed by atoms with Crippen LogP contribution in [0.15, 0.2) is 42.6 Å². The van der Waals surface area contributed by atoms with Crippen molar-refractivity contribution in [3.05, 3.63) is 59.4 Å². The highest BCUT2D eigenvalue weighted by molar-refractivity contribution is 8.01. The lowest BCUT2D eigenvalue weighted by Crippen LogP contribution is -2.23. The van der Waals surface area contributed by atoms with Crippen LogP contribution >= 0.6 is 11.8 Å². The Labute approximate surface area is 151 Å². The Morgan fingerprint density at radius 3 is 2.72 bits per heavy atom. The minimum atomic E-state index is -0.495. The van der Waals surface area contributed by atoms with Crippen molar-refractivity contribution in [3.8, 4) is 5.75 Å². The Bertz CT molecular complexity index is 702. The van der Waals surface area contributed by atoms with Crippen molar-refractivity contribution in [2.24, 2.45) is 0 Å². The number of amides is 1. The number of benzene rings is 1. The van der Waals surface area contributed by atoms with Gasteiger partial charge in [0, 0.05) is 18.3 Å². The molecule has 0 bridgehead atoms. The molecule has 0 saturated carbocycles. The standard InChI is InChI=1S/C19H22N2O3S/c1-13(22)15-4-5-16(20-11-15)8-9-24-17-6-2-14(3-7-17)10-18-19(23)21-12-25-18/h2-7,11,13,18,22H,8-10,12H2,1H3,(H,21,23). The molecule has 5 nitrogen and oxygen atoms in total. The number of pyridine rings is 1. The SMILES string of the molecule is CC(O)c1ccc(CCOc2ccc(CC3SCNC3=O)cc2)nc1. The van der Waals surface area contributed by atoms with Gasteiger partial charge >= 0.3 is 0 Å². The second-order valence-electron chi connectivity index (χ2n) is 6.05. The molecule has 1 fully saturated rings. The summed E-state index contributed by atoms with van der Waals surface area (Å²) in [6.07, 6.45) is 2.66. The molecule has 0 radical (unpaired) electrons. The molecule has 0 aliphatic carbocycles. The van der Waals surface area contributed by atoms with Crippen LogP contribution in [0.3, 0.4) is 0 Å². The smallest absolute Gasteiger partial charge is 0.234 e. The van der Waals surface area contributed by atoms with Crippen molar-refractivity contribution in [2.75, 3.05) is 12.5 Å². The van der Waals surface area contributed by atoms with Crippen LogP contribution in [0, 0.1) is 0 Å². The summed E-state index contributed by atoms with van der Waals surface area (Å²) in [4.78, 5) is 15.9. The van der Waals surface area contributed by atoms with E-state index in [0.29, 0.717) is 18.9 Å². The third-order valence-corrected chi connectivity index (χ3v) is 5.22. The van der Waals surface area contributed by atoms with Crippen molar-refractivity contribution in [1.29, 1.82) is 0 Å². The molecular weight excluding hydrogens is 336 g/mol. The Balaban J connectivity index is 1.46. The zero-order chi connectivity index (χ0) is 17.6. The minimum Gasteiger partial charge on any atom is -0.493 e. The predicted octanol–water partition coefficient (Wildman–Crippen LogP) is 2.49. The van der Waals surface area contributed by atoms with Crippen LogP contribution in [0.2, 0.25) is 0 Å². The van der Waals surface area contributed by atoms with E-state index in [1.165, 1.54) is 0 Å². The van der Waals surface area contributed by atoms with Crippen molar-refractivity contribution in [2.45, 2.75) is 31.1 Å². The summed E-state index contributed by atoms with van der Waals surface area (Å²) in [5.41, 5.74) is 2.89. The molecule has 2 aromatic rings. The van der Waals surface area contributed by atoms with Gasteiger partial charge in [0.2, 0.25) is 5.91 Å². The highest BCUT2D eigenvalue weighted by atomic mass is 32.2. The molecule has 2 atom stereocenters. The third kappa shape index (κ3) is 4.96. The van der Waals surface area contributed by atoms with Gasteiger partial charge in [0.25, 0.3) is 0 Å². The van der Waals surface area contributed by atoms with E-state index in [1.54, 1.807) is 24.9 Å². The predicted molar refractivity (Wildman–Crippen MR) is 98.6 cm³/mol. The van der Waals surface area contributed by atoms with Gasteiger partial charge in [0.05, 0.1) is 23.8 Å². The lowest BCUT2D eigenvalue weighted by atomic mass is 10.1. The first kappa shape index (κ1) is 17.8. The van der Waals surface area contributed by atoms with E-state index in [-0.39, 0.29) is 11.2 Å². The number of carbonyl (C=O) groups is 1. The lowest BCUT2D eigenvalue weighted by Gasteiger charge is -2.09. The number of rotatable bonds is 7. The summed E-state index contributed by atoms with van der Waals surface area (Å²) in [5, 5.41) is 12.3. The molecule has 3 rings (SSSR count). The number of nitrogens with zero attached hydrogens (tertiary/aromatic N) is 1. The van der Waals surface area contributed by atoms with Crippen LogP contribution in [0.4, 0.5) is 0 Å². The molecule has 132 valence electrons. The number of aromatic nitrogens is 1. The second kappa shape index (κ2) is 8.36. The molecule has 1 aliphatic rings. The van der Waals surface area contributed by atoms with Crippen LogP contribution in [-0.2, 0) is 17.6 Å². The first-order chi connectivity index (χ1) is 12.1. The van der Waals surface area contributed by atoms with Gasteiger partial charge in [-0.05, 0) is 42.7 Å². The van der Waals surface area contributed by atoms with E-state index in [1.807, 2.05) is 36.4 Å². The summed E-state index contributed by atoms with van der Waals surface area (Å²) in [7, 11) is 0. The average Bonchev–Trinajstić information content (AvgIpc) is 3.02. The van der Waals surface area contributed by atoms with E-state index >= 15 is 0 Å². The third-order valence-electron chi connectivity index (χ3n) is 4.12. The van der Waals surface area contributed by atoms with Gasteiger partial charge in [-0.15, -0.1) is 11.8 Å². The lowest BCUT2D eigenvalue weighted by molar-refractivity contribution is -0.119. The minimum absolute atomic E-state index is 0.0162. The normalized spacial score (nSPS) is 18.0. The maximum atomic E-state index is 11.6. The van der Waals surface area contributed by atoms with E-state index in [2.05, 4.69) is 10.3 Å². The molecule has 0 spiro atoms. The molecule has 1 aromatic heterocycles. The van der Waals surface area contributed by atoms with E-state index in [0.717, 1.165) is 29.0 Å². The van der Waals surface area contributed by atoms with Gasteiger partial charge in [0.15, 0.2) is 0 Å². The van der Waals surface area contributed by atoms with Gasteiger partial charge in [0.1, 0.15) is 5.75 Å². The largest absolute Gasteiger partial charge is 0.493 e. The first-order valence-electron chi connectivity index (χ1n) is 8.36. The Kier molecular flexibility index (Phi) is 5.94. The van der Waals surface area contributed by atoms with Crippen LogP contribution in [0.5, 0.6) is 5.75 Å². The summed E-state index contributed by atoms with van der Waals surface area (Å²) < 4.78 is 5.76. The van der Waals surface area contributed by atoms with Gasteiger partial charge < -0.3 is 15.2 Å². The highest BCUT2D eigenvalue weighted by Crippen LogP contribution is 2.22. The summed E-state index contributed by atoms with van der Waals surface area (Å²) >= 11 is 1.65. The fraction of sp³-hybridized carbons (Fsp3) is 0.368. The topological polar surface area (TPSA) is 71.5 Å². The van der Waals surface area contributed by atoms with Crippen LogP contribution in [0.25, 0.3) is 0 Å². The van der Waals surface area contributed by atoms with Crippen LogP contribution in [0.1, 0.15) is 29.8 Å². The second-order valence-corrected chi connectivity index (χ2v) is 7.24. The zero-order valence-electron chi connectivity index (χ0n) is 14.1. The number of hydrogen-bond donors (Lipinski definition) is 2. The number of aliphatic hydroxyl groups is 1. The Morgan fingerprint density at radius 1 is 1.32 bits per heavy atom. The number of nitrogens with one attached hydrogen (secondary N) is 1. The quantitative estimate of drug-likeness (QED) is 0.796. The van der Waals surface area contributed by atoms with Crippen molar-refractivity contribution in [3.63, 3.8) is 0 Å². The fourth-order valence-corrected chi connectivity index (χ4v) is 3.57. The van der Waals surface area contributed by atoms with Gasteiger partial charge in [-0.2, -0.15) is 0 Å². The fourth-order valence-electron chi connectivity index (χ4n) is 2.59. The molecular formula is C19H22N2O3S. The van der Waals surface area contributed by atoms with Gasteiger partial charge in [-0.1, -0.05) is 18.2 Å². The number of thioether (sulfide) groups is 1. The molecule has 2 heterocycles.